The molecule has 0 saturated heterocycles. The smallest absolute Gasteiger partial charge is 0.822 e. The average Bonchev–Trinajstić information content (AvgIpc) is 2.30. The quantitative estimate of drug-likeness (QED) is 0.101. The van der Waals surface area contributed by atoms with Crippen molar-refractivity contribution in [3.8, 4) is 0 Å². The van der Waals surface area contributed by atoms with Crippen molar-refractivity contribution in [3.63, 3.8) is 0 Å². The molecule has 0 unspecified atom stereocenters. The summed E-state index contributed by atoms with van der Waals surface area (Å²) < 4.78 is 17.4. The Balaban J connectivity index is -0.0000000592. The molecule has 25 heavy (non-hydrogen) atoms. The van der Waals surface area contributed by atoms with Crippen molar-refractivity contribution in [2.75, 3.05) is 6.61 Å². The number of aliphatic hydroxyl groups is 5. The van der Waals surface area contributed by atoms with Crippen LogP contribution in [0, 0.1) is 0 Å². The Bertz CT molecular complexity index is 350. The van der Waals surface area contributed by atoms with Crippen LogP contribution in [0.2, 0.25) is 0 Å². The van der Waals surface area contributed by atoms with Crippen LogP contribution < -0.4 is 169 Å². The summed E-state index contributed by atoms with van der Waals surface area (Å²) in [5.41, 5.74) is 0. The van der Waals surface area contributed by atoms with E-state index >= 15 is 0 Å². The molecule has 136 valence electrons. The van der Waals surface area contributed by atoms with Gasteiger partial charge in [-0.15, -0.1) is 0 Å². The largest absolute Gasteiger partial charge is 1.00 e. The van der Waals surface area contributed by atoms with Gasteiger partial charge in [0.15, 0.2) is 6.29 Å². The van der Waals surface area contributed by atoms with Crippen LogP contribution >= 0.6 is 15.6 Å². The van der Waals surface area contributed by atoms with E-state index in [-0.39, 0.29) is 160 Å². The molecule has 0 spiro atoms. The maximum absolute atomic E-state index is 9.90. The molecule has 4 atom stereocenters. The molecule has 0 aliphatic carbocycles. The van der Waals surface area contributed by atoms with Gasteiger partial charge in [-0.25, -0.2) is 4.57 Å². The maximum Gasteiger partial charge on any atom is 1.00 e. The molecule has 14 nitrogen and oxygen atoms in total. The summed E-state index contributed by atoms with van der Waals surface area (Å²) in [7, 11) is -10.0. The summed E-state index contributed by atoms with van der Waals surface area (Å²) >= 11 is 0. The van der Waals surface area contributed by atoms with Crippen LogP contribution in [0.3, 0.4) is 0 Å². The summed E-state index contributed by atoms with van der Waals surface area (Å²) in [5, 5.41) is 43.5. The molecule has 0 heterocycles. The molecule has 8 N–H and O–H groups in total. The minimum atomic E-state index is -5.39. The van der Waals surface area contributed by atoms with Crippen LogP contribution in [0.15, 0.2) is 0 Å². The molecular formula is C6H15K3O14P2. The molecule has 0 radical (unpaired) electrons. The second-order valence-corrected chi connectivity index (χ2v) is 5.24. The van der Waals surface area contributed by atoms with E-state index in [4.69, 9.17) is 64.0 Å². The van der Waals surface area contributed by atoms with Crippen LogP contribution in [0.4, 0.5) is 0 Å². The molecule has 0 saturated carbocycles. The van der Waals surface area contributed by atoms with Crippen molar-refractivity contribution in [1.82, 2.24) is 0 Å². The molecule has 0 aromatic heterocycles. The summed E-state index contributed by atoms with van der Waals surface area (Å²) in [6.45, 7) is -0.760. The molecule has 19 heteroatoms. The summed E-state index contributed by atoms with van der Waals surface area (Å²) in [6, 6.07) is 0. The van der Waals surface area contributed by atoms with E-state index in [0.717, 1.165) is 0 Å². The Labute approximate surface area is 269 Å². The Morgan fingerprint density at radius 3 is 1.24 bits per heavy atom. The van der Waals surface area contributed by atoms with E-state index in [0.29, 0.717) is 0 Å². The standard InChI is InChI=1S/C6H12O6.3K.2H3O4P/c7-1-3(9)5(11)6(12)4(10)2-8;;;;2*1-5(2,3)4/h1,3-6,8-12H,2H2;;;;2*(H3,1,2,3,4)/q;3*+1;;/p-3/t3-,4+,5+,6+;;;;;/m0...../s1. The molecule has 0 rings (SSSR count). The monoisotopic (exact) mass is 490 g/mol. The van der Waals surface area contributed by atoms with E-state index in [1.807, 2.05) is 0 Å². The van der Waals surface area contributed by atoms with Crippen molar-refractivity contribution in [1.29, 1.82) is 0 Å². The van der Waals surface area contributed by atoms with Crippen molar-refractivity contribution in [2.45, 2.75) is 24.4 Å². The third kappa shape index (κ3) is 47.7. The van der Waals surface area contributed by atoms with Gasteiger partial charge in [-0.05, 0) is 0 Å². The number of carbonyl (C=O) groups is 1. The van der Waals surface area contributed by atoms with E-state index in [2.05, 4.69) is 0 Å². The number of rotatable bonds is 5. The van der Waals surface area contributed by atoms with Crippen molar-refractivity contribution in [2.24, 2.45) is 0 Å². The Morgan fingerprint density at radius 2 is 1.08 bits per heavy atom. The topological polar surface area (TPSA) is 282 Å². The zero-order valence-electron chi connectivity index (χ0n) is 13.5. The second kappa shape index (κ2) is 23.3. The fourth-order valence-corrected chi connectivity index (χ4v) is 0.618. The first-order valence-electron chi connectivity index (χ1n) is 4.84. The van der Waals surface area contributed by atoms with E-state index in [1.165, 1.54) is 0 Å². The Hall–Kier alpha value is 4.60. The van der Waals surface area contributed by atoms with Gasteiger partial charge in [-0.1, -0.05) is 0 Å². The van der Waals surface area contributed by atoms with Gasteiger partial charge in [-0.2, -0.15) is 7.82 Å². The van der Waals surface area contributed by atoms with Gasteiger partial charge in [0.2, 0.25) is 0 Å². The predicted octanol–water partition coefficient (Wildman–Crippen LogP) is -16.1. The maximum atomic E-state index is 9.90. The number of hydrogen-bond acceptors (Lipinski definition) is 11. The molecule has 0 aromatic carbocycles. The summed E-state index contributed by atoms with van der Waals surface area (Å²) in [5.74, 6) is 0. The van der Waals surface area contributed by atoms with Gasteiger partial charge in [-0.3, -0.25) is 0 Å². The van der Waals surface area contributed by atoms with E-state index in [9.17, 15) is 4.79 Å². The number of hydrogen-bond donors (Lipinski definition) is 8. The molecule has 0 aliphatic rings. The zero-order chi connectivity index (χ0) is 18.7. The Morgan fingerprint density at radius 1 is 0.840 bits per heavy atom. The first kappa shape index (κ1) is 43.5. The number of aldehydes is 1. The van der Waals surface area contributed by atoms with Gasteiger partial charge in [0.25, 0.3) is 0 Å². The fourth-order valence-electron chi connectivity index (χ4n) is 0.618. The van der Waals surface area contributed by atoms with Crippen LogP contribution in [0.1, 0.15) is 0 Å². The van der Waals surface area contributed by atoms with Gasteiger partial charge in [0, 0.05) is 0 Å². The van der Waals surface area contributed by atoms with Crippen molar-refractivity contribution in [3.05, 3.63) is 0 Å². The molecular weight excluding hydrogens is 475 g/mol. The predicted molar refractivity (Wildman–Crippen MR) is 59.0 cm³/mol. The van der Waals surface area contributed by atoms with Gasteiger partial charge >= 0.3 is 162 Å². The SMILES string of the molecule is O=C[C@H](O)[C@@H](O)[C@H](O)[C@H](O)CO.O=P(O)(O)O.O=P([O-])([O-])[O-].[K+].[K+].[K+]. The van der Waals surface area contributed by atoms with Crippen molar-refractivity contribution >= 4 is 21.9 Å². The molecule has 0 aliphatic heterocycles. The van der Waals surface area contributed by atoms with Crippen LogP contribution in [-0.2, 0) is 13.9 Å². The second-order valence-electron chi connectivity index (χ2n) is 3.32. The number of phosphoric acid groups is 2. The molecule has 0 amide bonds. The normalized spacial score (nSPS) is 14.8. The average molecular weight is 490 g/mol. The van der Waals surface area contributed by atoms with Crippen LogP contribution in [0.25, 0.3) is 0 Å². The van der Waals surface area contributed by atoms with Gasteiger partial charge in [0.05, 0.1) is 6.61 Å². The van der Waals surface area contributed by atoms with Crippen LogP contribution in [-0.4, -0.2) is 77.5 Å². The van der Waals surface area contributed by atoms with Gasteiger partial charge in [0.1, 0.15) is 24.4 Å². The fraction of sp³-hybridized carbons (Fsp3) is 0.833. The first-order chi connectivity index (χ1) is 9.54. The molecule has 0 aromatic rings. The van der Waals surface area contributed by atoms with E-state index in [1.54, 1.807) is 0 Å². The minimum absolute atomic E-state index is 0. The Kier molecular flexibility index (Phi) is 40.5. The first-order valence-corrected chi connectivity index (χ1v) is 7.86. The number of carbonyl (C=O) groups excluding carboxylic acids is 1. The summed E-state index contributed by atoms with van der Waals surface area (Å²) in [4.78, 5) is 57.1. The zero-order valence-corrected chi connectivity index (χ0v) is 24.7. The number of aliphatic hydroxyl groups excluding tert-OH is 5. The summed E-state index contributed by atoms with van der Waals surface area (Å²) in [6.07, 6.45) is -6.84. The third-order valence-corrected chi connectivity index (χ3v) is 1.42. The molecule has 0 fully saturated rings. The third-order valence-electron chi connectivity index (χ3n) is 1.42. The van der Waals surface area contributed by atoms with Crippen LogP contribution in [0.5, 0.6) is 0 Å². The van der Waals surface area contributed by atoms with Gasteiger partial charge < -0.3 is 64.3 Å². The van der Waals surface area contributed by atoms with Crippen molar-refractivity contribution < 1.29 is 223 Å². The molecule has 0 bridgehead atoms. The van der Waals surface area contributed by atoms with E-state index < -0.39 is 46.7 Å². The minimum Gasteiger partial charge on any atom is -0.822 e.